The first kappa shape index (κ1) is 20.0. The molecule has 4 rings (SSSR count). The highest BCUT2D eigenvalue weighted by atomic mass is 32.2. The van der Waals surface area contributed by atoms with Gasteiger partial charge in [-0.1, -0.05) is 0 Å². The SMILES string of the molecule is Cc1nn(C)cc1C1C(C(=O)Nc2ccc(S(N)(=O)=O)cc2)C(C)Nc2ncnn21. The monoisotopic (exact) mass is 430 g/mol. The number of rotatable bonds is 4. The van der Waals surface area contributed by atoms with E-state index >= 15 is 0 Å². The number of sulfonamides is 1. The summed E-state index contributed by atoms with van der Waals surface area (Å²) >= 11 is 0. The number of carbonyl (C=O) groups excluding carboxylic acids is 1. The molecule has 12 heteroatoms. The standard InChI is InChI=1S/C18H22N8O3S/c1-10-14(8-25(3)24-10)16-15(11(2)22-18-20-9-21-26(16)18)17(27)23-12-4-6-13(7-5-12)30(19,28)29/h4-9,11,15-16H,1-3H3,(H,23,27)(H2,19,28,29)(H,20,21,22). The van der Waals surface area contributed by atoms with E-state index in [-0.39, 0.29) is 16.8 Å². The molecule has 2 aromatic heterocycles. The van der Waals surface area contributed by atoms with Crippen LogP contribution in [0.5, 0.6) is 0 Å². The lowest BCUT2D eigenvalue weighted by Crippen LogP contribution is -2.46. The van der Waals surface area contributed by atoms with E-state index in [1.165, 1.54) is 30.6 Å². The van der Waals surface area contributed by atoms with E-state index in [1.54, 1.807) is 9.36 Å². The van der Waals surface area contributed by atoms with Crippen LogP contribution >= 0.6 is 0 Å². The van der Waals surface area contributed by atoms with E-state index in [4.69, 9.17) is 5.14 Å². The van der Waals surface area contributed by atoms with E-state index < -0.39 is 22.0 Å². The second-order valence-corrected chi connectivity index (χ2v) is 8.90. The Kier molecular flexibility index (Phi) is 4.82. The van der Waals surface area contributed by atoms with Crippen molar-refractivity contribution in [1.82, 2.24) is 24.5 Å². The van der Waals surface area contributed by atoms with Crippen LogP contribution < -0.4 is 15.8 Å². The summed E-state index contributed by atoms with van der Waals surface area (Å²) in [5.74, 6) is -0.190. The van der Waals surface area contributed by atoms with Crippen LogP contribution in [0.15, 0.2) is 41.7 Å². The molecule has 0 fully saturated rings. The Morgan fingerprint density at radius 3 is 2.57 bits per heavy atom. The number of nitrogens with zero attached hydrogens (tertiary/aromatic N) is 5. The van der Waals surface area contributed by atoms with Gasteiger partial charge in [0, 0.05) is 30.5 Å². The molecular formula is C18H22N8O3S. The number of aryl methyl sites for hydroxylation is 2. The van der Waals surface area contributed by atoms with E-state index in [0.29, 0.717) is 11.6 Å². The molecule has 1 aromatic carbocycles. The second-order valence-electron chi connectivity index (χ2n) is 7.33. The molecule has 1 amide bonds. The summed E-state index contributed by atoms with van der Waals surface area (Å²) in [7, 11) is -1.98. The summed E-state index contributed by atoms with van der Waals surface area (Å²) < 4.78 is 26.3. The van der Waals surface area contributed by atoms with Gasteiger partial charge in [0.25, 0.3) is 0 Å². The molecule has 1 aliphatic rings. The molecule has 3 aromatic rings. The van der Waals surface area contributed by atoms with Crippen LogP contribution in [0.3, 0.4) is 0 Å². The van der Waals surface area contributed by atoms with E-state index in [0.717, 1.165) is 11.3 Å². The fraction of sp³-hybridized carbons (Fsp3) is 0.333. The van der Waals surface area contributed by atoms with Gasteiger partial charge >= 0.3 is 0 Å². The Labute approximate surface area is 173 Å². The van der Waals surface area contributed by atoms with Gasteiger partial charge in [-0.3, -0.25) is 9.48 Å². The number of nitrogens with two attached hydrogens (primary N) is 1. The van der Waals surface area contributed by atoms with Gasteiger partial charge in [0.2, 0.25) is 21.9 Å². The van der Waals surface area contributed by atoms with Crippen LogP contribution in [-0.2, 0) is 21.9 Å². The predicted molar refractivity (Wildman–Crippen MR) is 109 cm³/mol. The van der Waals surface area contributed by atoms with E-state index in [2.05, 4.69) is 25.8 Å². The number of hydrogen-bond donors (Lipinski definition) is 3. The van der Waals surface area contributed by atoms with Gasteiger partial charge < -0.3 is 10.6 Å². The number of fused-ring (bicyclic) bond motifs is 1. The normalized spacial score (nSPS) is 21.0. The van der Waals surface area contributed by atoms with Gasteiger partial charge in [-0.15, -0.1) is 0 Å². The summed E-state index contributed by atoms with van der Waals surface area (Å²) in [5.41, 5.74) is 2.14. The van der Waals surface area contributed by atoms with Crippen molar-refractivity contribution in [1.29, 1.82) is 0 Å². The third-order valence-corrected chi connectivity index (χ3v) is 6.12. The van der Waals surface area contributed by atoms with E-state index in [1.807, 2.05) is 27.1 Å². The number of primary sulfonamides is 1. The lowest BCUT2D eigenvalue weighted by molar-refractivity contribution is -0.121. The molecule has 0 radical (unpaired) electrons. The van der Waals surface area contributed by atoms with Crippen LogP contribution in [0.2, 0.25) is 0 Å². The number of hydrogen-bond acceptors (Lipinski definition) is 7. The maximum absolute atomic E-state index is 13.3. The quantitative estimate of drug-likeness (QED) is 0.549. The minimum atomic E-state index is -3.80. The number of anilines is 2. The summed E-state index contributed by atoms with van der Waals surface area (Å²) in [4.78, 5) is 17.5. The summed E-state index contributed by atoms with van der Waals surface area (Å²) in [5, 5.41) is 20.0. The van der Waals surface area contributed by atoms with Crippen LogP contribution in [0.4, 0.5) is 11.6 Å². The van der Waals surface area contributed by atoms with Gasteiger partial charge in [-0.25, -0.2) is 18.2 Å². The minimum Gasteiger partial charge on any atom is -0.351 e. The third kappa shape index (κ3) is 3.55. The van der Waals surface area contributed by atoms with Gasteiger partial charge in [-0.05, 0) is 38.1 Å². The van der Waals surface area contributed by atoms with Crippen molar-refractivity contribution in [3.8, 4) is 0 Å². The van der Waals surface area contributed by atoms with Gasteiger partial charge in [0.1, 0.15) is 6.33 Å². The zero-order valence-corrected chi connectivity index (χ0v) is 17.5. The first-order valence-corrected chi connectivity index (χ1v) is 10.8. The molecule has 1 aliphatic heterocycles. The van der Waals surface area contributed by atoms with Crippen LogP contribution in [-0.4, -0.2) is 44.9 Å². The van der Waals surface area contributed by atoms with Crippen molar-refractivity contribution in [2.24, 2.45) is 18.1 Å². The molecule has 3 heterocycles. The molecule has 0 bridgehead atoms. The smallest absolute Gasteiger partial charge is 0.238 e. The predicted octanol–water partition coefficient (Wildman–Crippen LogP) is 0.626. The van der Waals surface area contributed by atoms with Gasteiger partial charge in [-0.2, -0.15) is 15.2 Å². The topological polar surface area (TPSA) is 150 Å². The molecule has 0 saturated heterocycles. The van der Waals surface area contributed by atoms with Crippen molar-refractivity contribution < 1.29 is 13.2 Å². The summed E-state index contributed by atoms with van der Waals surface area (Å²) in [6.45, 7) is 3.80. The van der Waals surface area contributed by atoms with Crippen molar-refractivity contribution in [2.45, 2.75) is 30.8 Å². The number of nitrogens with one attached hydrogen (secondary N) is 2. The highest BCUT2D eigenvalue weighted by molar-refractivity contribution is 7.89. The van der Waals surface area contributed by atoms with Crippen LogP contribution in [0.1, 0.15) is 24.2 Å². The minimum absolute atomic E-state index is 0.0238. The second kappa shape index (κ2) is 7.22. The van der Waals surface area contributed by atoms with E-state index in [9.17, 15) is 13.2 Å². The average molecular weight is 430 g/mol. The first-order chi connectivity index (χ1) is 14.1. The number of carbonyl (C=O) groups is 1. The van der Waals surface area contributed by atoms with Crippen LogP contribution in [0, 0.1) is 12.8 Å². The Hall–Kier alpha value is -3.25. The Morgan fingerprint density at radius 2 is 1.97 bits per heavy atom. The number of aromatic nitrogens is 5. The lowest BCUT2D eigenvalue weighted by atomic mass is 9.85. The molecule has 4 N–H and O–H groups in total. The zero-order chi connectivity index (χ0) is 21.6. The number of amides is 1. The van der Waals surface area contributed by atoms with Crippen molar-refractivity contribution in [2.75, 3.05) is 10.6 Å². The fourth-order valence-electron chi connectivity index (χ4n) is 3.83. The van der Waals surface area contributed by atoms with Crippen LogP contribution in [0.25, 0.3) is 0 Å². The average Bonchev–Trinajstić information content (AvgIpc) is 3.25. The van der Waals surface area contributed by atoms with Crippen molar-refractivity contribution in [3.05, 3.63) is 48.0 Å². The molecular weight excluding hydrogens is 408 g/mol. The Balaban J connectivity index is 1.68. The summed E-state index contributed by atoms with van der Waals surface area (Å²) in [6.07, 6.45) is 3.32. The molecule has 11 nitrogen and oxygen atoms in total. The molecule has 3 unspecified atom stereocenters. The third-order valence-electron chi connectivity index (χ3n) is 5.20. The molecule has 0 aliphatic carbocycles. The number of benzene rings is 1. The van der Waals surface area contributed by atoms with Crippen molar-refractivity contribution in [3.63, 3.8) is 0 Å². The summed E-state index contributed by atoms with van der Waals surface area (Å²) in [6, 6.07) is 5.07. The Bertz CT molecular complexity index is 1200. The van der Waals surface area contributed by atoms with Gasteiger partial charge in [0.05, 0.1) is 22.5 Å². The maximum Gasteiger partial charge on any atom is 0.238 e. The lowest BCUT2D eigenvalue weighted by Gasteiger charge is -2.36. The molecule has 0 saturated carbocycles. The molecule has 30 heavy (non-hydrogen) atoms. The largest absolute Gasteiger partial charge is 0.351 e. The molecule has 0 spiro atoms. The fourth-order valence-corrected chi connectivity index (χ4v) is 4.35. The van der Waals surface area contributed by atoms with Gasteiger partial charge in [0.15, 0.2) is 0 Å². The zero-order valence-electron chi connectivity index (χ0n) is 16.6. The molecule has 158 valence electrons. The van der Waals surface area contributed by atoms with Crippen molar-refractivity contribution >= 4 is 27.6 Å². The highest BCUT2D eigenvalue weighted by Gasteiger charge is 2.42. The highest BCUT2D eigenvalue weighted by Crippen LogP contribution is 2.37. The molecule has 3 atom stereocenters. The maximum atomic E-state index is 13.3. The first-order valence-electron chi connectivity index (χ1n) is 9.25. The Morgan fingerprint density at radius 1 is 1.27 bits per heavy atom.